The molecule has 7 heteroatoms. The molecule has 1 atom stereocenters. The van der Waals surface area contributed by atoms with E-state index in [-0.39, 0.29) is 24.4 Å². The Morgan fingerprint density at radius 3 is 3.08 bits per heavy atom. The van der Waals surface area contributed by atoms with Crippen LogP contribution < -0.4 is 4.74 Å². The van der Waals surface area contributed by atoms with Crippen LogP contribution in [-0.2, 0) is 11.3 Å². The van der Waals surface area contributed by atoms with Crippen molar-refractivity contribution in [3.05, 3.63) is 47.5 Å². The van der Waals surface area contributed by atoms with Crippen molar-refractivity contribution in [3.8, 4) is 5.75 Å². The number of hydrogen-bond donors (Lipinski definition) is 1. The molecule has 3 rings (SSSR count). The molecule has 128 valence electrons. The van der Waals surface area contributed by atoms with Gasteiger partial charge in [0.2, 0.25) is 0 Å². The maximum atomic E-state index is 13.5. The molecule has 0 unspecified atom stereocenters. The van der Waals surface area contributed by atoms with Gasteiger partial charge in [-0.2, -0.15) is 5.10 Å². The summed E-state index contributed by atoms with van der Waals surface area (Å²) in [6, 6.07) is 7.79. The van der Waals surface area contributed by atoms with Crippen molar-refractivity contribution in [2.75, 3.05) is 20.2 Å². The number of para-hydroxylation sites is 1. The molecule has 1 aromatic heterocycles. The van der Waals surface area contributed by atoms with E-state index in [4.69, 9.17) is 9.47 Å². The van der Waals surface area contributed by atoms with Crippen LogP contribution in [0.1, 0.15) is 29.0 Å². The van der Waals surface area contributed by atoms with E-state index in [1.54, 1.807) is 36.2 Å². The third kappa shape index (κ3) is 3.91. The average molecular weight is 333 g/mol. The Labute approximate surface area is 139 Å². The molecule has 2 heterocycles. The van der Waals surface area contributed by atoms with E-state index in [9.17, 15) is 9.18 Å². The number of nitrogens with one attached hydrogen (secondary N) is 1. The number of ether oxygens (including phenoxy) is 2. The summed E-state index contributed by atoms with van der Waals surface area (Å²) in [7, 11) is 1.73. The highest BCUT2D eigenvalue weighted by Gasteiger charge is 2.22. The average Bonchev–Trinajstić information content (AvgIpc) is 3.25. The minimum absolute atomic E-state index is 0.0988. The molecule has 1 N–H and O–H groups in total. The first-order valence-electron chi connectivity index (χ1n) is 7.92. The molecule has 0 saturated carbocycles. The van der Waals surface area contributed by atoms with Crippen LogP contribution >= 0.6 is 0 Å². The lowest BCUT2D eigenvalue weighted by molar-refractivity contribution is 0.0582. The number of nitrogens with zero attached hydrogens (tertiary/aromatic N) is 2. The zero-order valence-electron chi connectivity index (χ0n) is 13.5. The summed E-state index contributed by atoms with van der Waals surface area (Å²) < 4.78 is 24.4. The number of rotatable bonds is 6. The van der Waals surface area contributed by atoms with Gasteiger partial charge in [0.25, 0.3) is 5.91 Å². The molecule has 0 bridgehead atoms. The first-order valence-corrected chi connectivity index (χ1v) is 7.92. The fraction of sp³-hybridized carbons (Fsp3) is 0.412. The number of benzene rings is 1. The van der Waals surface area contributed by atoms with Gasteiger partial charge < -0.3 is 14.4 Å². The summed E-state index contributed by atoms with van der Waals surface area (Å²) >= 11 is 0. The lowest BCUT2D eigenvalue weighted by Crippen LogP contribution is -2.34. The van der Waals surface area contributed by atoms with Crippen molar-refractivity contribution in [2.45, 2.75) is 25.6 Å². The largest absolute Gasteiger partial charge is 0.484 e. The zero-order chi connectivity index (χ0) is 16.9. The third-order valence-corrected chi connectivity index (χ3v) is 3.92. The zero-order valence-corrected chi connectivity index (χ0v) is 13.5. The molecule has 1 aromatic carbocycles. The Bertz CT molecular complexity index is 698. The molecule has 24 heavy (non-hydrogen) atoms. The van der Waals surface area contributed by atoms with Crippen LogP contribution in [0.2, 0.25) is 0 Å². The maximum absolute atomic E-state index is 13.5. The Morgan fingerprint density at radius 1 is 1.50 bits per heavy atom. The van der Waals surface area contributed by atoms with Crippen LogP contribution in [0.5, 0.6) is 5.75 Å². The van der Waals surface area contributed by atoms with Gasteiger partial charge in [-0.05, 0) is 31.0 Å². The number of likely N-dealkylation sites (N-methyl/N-ethyl adjacent to an activating group) is 1. The summed E-state index contributed by atoms with van der Waals surface area (Å²) in [5.74, 6) is -0.445. The lowest BCUT2D eigenvalue weighted by atomic mass is 10.2. The molecule has 1 saturated heterocycles. The Hall–Kier alpha value is -2.41. The molecule has 0 spiro atoms. The van der Waals surface area contributed by atoms with Gasteiger partial charge in [-0.15, -0.1) is 0 Å². The van der Waals surface area contributed by atoms with Crippen LogP contribution in [0, 0.1) is 5.82 Å². The van der Waals surface area contributed by atoms with Crippen molar-refractivity contribution in [1.82, 2.24) is 15.1 Å². The van der Waals surface area contributed by atoms with Gasteiger partial charge in [-0.3, -0.25) is 9.89 Å². The van der Waals surface area contributed by atoms with Gasteiger partial charge in [0.1, 0.15) is 6.61 Å². The van der Waals surface area contributed by atoms with Crippen molar-refractivity contribution in [1.29, 1.82) is 0 Å². The van der Waals surface area contributed by atoms with E-state index >= 15 is 0 Å². The van der Waals surface area contributed by atoms with Gasteiger partial charge in [0.05, 0.1) is 11.8 Å². The lowest BCUT2D eigenvalue weighted by Gasteiger charge is -2.19. The third-order valence-electron chi connectivity index (χ3n) is 3.92. The maximum Gasteiger partial charge on any atom is 0.274 e. The summed E-state index contributed by atoms with van der Waals surface area (Å²) in [4.78, 5) is 14.0. The Morgan fingerprint density at radius 2 is 2.33 bits per heavy atom. The van der Waals surface area contributed by atoms with Crippen molar-refractivity contribution >= 4 is 5.91 Å². The second-order valence-electron chi connectivity index (χ2n) is 5.82. The number of aromatic nitrogens is 2. The van der Waals surface area contributed by atoms with E-state index in [2.05, 4.69) is 10.2 Å². The summed E-state index contributed by atoms with van der Waals surface area (Å²) in [5.41, 5.74) is 0.912. The fourth-order valence-corrected chi connectivity index (χ4v) is 2.63. The van der Waals surface area contributed by atoms with E-state index in [0.717, 1.165) is 19.4 Å². The first-order chi connectivity index (χ1) is 11.6. The van der Waals surface area contributed by atoms with Crippen LogP contribution in [0.15, 0.2) is 30.3 Å². The van der Waals surface area contributed by atoms with Gasteiger partial charge >= 0.3 is 0 Å². The van der Waals surface area contributed by atoms with Crippen LogP contribution in [0.4, 0.5) is 4.39 Å². The summed E-state index contributed by atoms with van der Waals surface area (Å²) in [6.07, 6.45) is 2.11. The number of carbonyl (C=O) groups excluding carboxylic acids is 1. The number of H-pyrrole nitrogens is 1. The van der Waals surface area contributed by atoms with Crippen molar-refractivity contribution in [2.24, 2.45) is 0 Å². The van der Waals surface area contributed by atoms with E-state index < -0.39 is 5.82 Å². The highest BCUT2D eigenvalue weighted by molar-refractivity contribution is 5.92. The van der Waals surface area contributed by atoms with Crippen LogP contribution in [0.3, 0.4) is 0 Å². The first kappa shape index (κ1) is 16.4. The molecule has 0 aliphatic carbocycles. The molecular formula is C17H20FN3O3. The number of carbonyl (C=O) groups is 1. The molecule has 0 radical (unpaired) electrons. The second kappa shape index (κ2) is 7.44. The minimum atomic E-state index is -0.426. The Balaban J connectivity index is 1.56. The highest BCUT2D eigenvalue weighted by Crippen LogP contribution is 2.17. The number of aromatic amines is 1. The number of halogens is 1. The van der Waals surface area contributed by atoms with E-state index in [1.807, 2.05) is 0 Å². The molecule has 6 nitrogen and oxygen atoms in total. The van der Waals surface area contributed by atoms with Gasteiger partial charge in [0, 0.05) is 20.2 Å². The topological polar surface area (TPSA) is 67.4 Å². The normalized spacial score (nSPS) is 17.0. The predicted molar refractivity (Wildman–Crippen MR) is 85.3 cm³/mol. The van der Waals surface area contributed by atoms with Gasteiger partial charge in [-0.1, -0.05) is 12.1 Å². The molecular weight excluding hydrogens is 313 g/mol. The quantitative estimate of drug-likeness (QED) is 0.881. The van der Waals surface area contributed by atoms with E-state index in [1.165, 1.54) is 6.07 Å². The van der Waals surface area contributed by atoms with Crippen LogP contribution in [0.25, 0.3) is 0 Å². The SMILES string of the molecule is CN(C[C@H]1CCCO1)C(=O)c1cc(COc2ccccc2F)[nH]n1. The van der Waals surface area contributed by atoms with Gasteiger partial charge in [0.15, 0.2) is 17.3 Å². The summed E-state index contributed by atoms with van der Waals surface area (Å²) in [6.45, 7) is 1.41. The van der Waals surface area contributed by atoms with Crippen molar-refractivity contribution < 1.29 is 18.7 Å². The molecule has 1 fully saturated rings. The fourth-order valence-electron chi connectivity index (χ4n) is 2.63. The smallest absolute Gasteiger partial charge is 0.274 e. The van der Waals surface area contributed by atoms with E-state index in [0.29, 0.717) is 17.9 Å². The van der Waals surface area contributed by atoms with Crippen molar-refractivity contribution in [3.63, 3.8) is 0 Å². The molecule has 1 aliphatic heterocycles. The molecule has 1 amide bonds. The Kier molecular flexibility index (Phi) is 5.10. The minimum Gasteiger partial charge on any atom is -0.484 e. The monoisotopic (exact) mass is 333 g/mol. The summed E-state index contributed by atoms with van der Waals surface area (Å²) in [5, 5.41) is 6.76. The molecule has 2 aromatic rings. The highest BCUT2D eigenvalue weighted by atomic mass is 19.1. The second-order valence-corrected chi connectivity index (χ2v) is 5.82. The predicted octanol–water partition coefficient (Wildman–Crippen LogP) is 2.38. The standard InChI is InChI=1S/C17H20FN3O3/c1-21(10-13-5-4-8-23-13)17(22)15-9-12(19-20-15)11-24-16-7-3-2-6-14(16)18/h2-3,6-7,9,13H,4-5,8,10-11H2,1H3,(H,19,20)/t13-/m1/s1. The van der Waals surface area contributed by atoms with Gasteiger partial charge in [-0.25, -0.2) is 4.39 Å². The molecule has 1 aliphatic rings. The van der Waals surface area contributed by atoms with Crippen LogP contribution in [-0.4, -0.2) is 47.3 Å². The number of hydrogen-bond acceptors (Lipinski definition) is 4. The number of amides is 1.